The van der Waals surface area contributed by atoms with Crippen molar-refractivity contribution in [3.8, 4) is 0 Å². The van der Waals surface area contributed by atoms with Crippen molar-refractivity contribution in [2.24, 2.45) is 7.05 Å². The van der Waals surface area contributed by atoms with Crippen LogP contribution in [0.15, 0.2) is 93.5 Å². The zero-order valence-electron chi connectivity index (χ0n) is 20.9. The normalized spacial score (nSPS) is 20.6. The first-order valence-electron chi connectivity index (χ1n) is 12.8. The van der Waals surface area contributed by atoms with Gasteiger partial charge in [-0.15, -0.1) is 0 Å². The third kappa shape index (κ3) is 4.42. The number of morpholine rings is 1. The average molecular weight is 515 g/mol. The number of nitrogens with zero attached hydrogens (tertiary/aromatic N) is 3. The van der Waals surface area contributed by atoms with E-state index in [9.17, 15) is 0 Å². The van der Waals surface area contributed by atoms with Crippen LogP contribution in [-0.2, 0) is 11.8 Å². The molecule has 0 unspecified atom stereocenters. The number of allylic oxidation sites excluding steroid dienone is 5. The molecule has 3 aliphatic rings. The molecular weight excluding hydrogens is 482 g/mol. The van der Waals surface area contributed by atoms with Crippen molar-refractivity contribution in [1.82, 2.24) is 4.90 Å². The molecule has 0 N–H and O–H groups in total. The highest BCUT2D eigenvalue weighted by molar-refractivity contribution is 8.03. The van der Waals surface area contributed by atoms with Crippen LogP contribution >= 0.6 is 23.1 Å². The molecule has 184 valence electrons. The Kier molecular flexibility index (Phi) is 6.74. The summed E-state index contributed by atoms with van der Waals surface area (Å²) in [7, 11) is 2.17. The van der Waals surface area contributed by atoms with Crippen LogP contribution in [0.25, 0.3) is 16.3 Å². The van der Waals surface area contributed by atoms with Crippen molar-refractivity contribution >= 4 is 45.1 Å². The van der Waals surface area contributed by atoms with Gasteiger partial charge in [0.1, 0.15) is 11.7 Å². The number of para-hydroxylation sites is 2. The van der Waals surface area contributed by atoms with Gasteiger partial charge in [0.2, 0.25) is 5.52 Å². The lowest BCUT2D eigenvalue weighted by Gasteiger charge is -2.31. The van der Waals surface area contributed by atoms with Crippen molar-refractivity contribution in [2.45, 2.75) is 24.7 Å². The minimum absolute atomic E-state index is 0.801. The van der Waals surface area contributed by atoms with Gasteiger partial charge in [-0.05, 0) is 61.3 Å². The lowest BCUT2D eigenvalue weighted by Crippen LogP contribution is -2.36. The van der Waals surface area contributed by atoms with Crippen molar-refractivity contribution in [3.63, 3.8) is 0 Å². The summed E-state index contributed by atoms with van der Waals surface area (Å²) in [6.45, 7) is 6.72. The number of hydrogen-bond acceptors (Lipinski definition) is 5. The lowest BCUT2D eigenvalue weighted by molar-refractivity contribution is -0.642. The molecule has 0 radical (unpaired) electrons. The summed E-state index contributed by atoms with van der Waals surface area (Å²) in [5.41, 5.74) is 6.91. The Bertz CT molecular complexity index is 1410. The van der Waals surface area contributed by atoms with E-state index in [2.05, 4.69) is 101 Å². The Hall–Kier alpha value is -2.80. The molecule has 1 aromatic heterocycles. The first-order chi connectivity index (χ1) is 17.7. The van der Waals surface area contributed by atoms with Gasteiger partial charge in [-0.3, -0.25) is 0 Å². The van der Waals surface area contributed by atoms with E-state index in [1.54, 1.807) is 0 Å². The Labute approximate surface area is 221 Å². The second-order valence-electron chi connectivity index (χ2n) is 9.28. The molecule has 0 atom stereocenters. The second kappa shape index (κ2) is 10.3. The molecule has 2 aliphatic heterocycles. The van der Waals surface area contributed by atoms with Crippen LogP contribution in [0.3, 0.4) is 0 Å². The SMILES string of the molecule is CCN1C(=CC=C2CCC(C=Cc3sc4ccccc4[n+]3C)=C2N2CCOCC2)Sc2ccccc21. The summed E-state index contributed by atoms with van der Waals surface area (Å²) in [6.07, 6.45) is 11.5. The number of aryl methyl sites for hydroxylation is 1. The van der Waals surface area contributed by atoms with Gasteiger partial charge in [-0.25, -0.2) is 0 Å². The summed E-state index contributed by atoms with van der Waals surface area (Å²) in [5, 5.41) is 2.59. The number of anilines is 1. The molecule has 0 bridgehead atoms. The predicted octanol–water partition coefficient (Wildman–Crippen LogP) is 6.52. The average Bonchev–Trinajstić information content (AvgIpc) is 3.59. The van der Waals surface area contributed by atoms with Gasteiger partial charge in [0.15, 0.2) is 0 Å². The van der Waals surface area contributed by atoms with Crippen LogP contribution in [0.5, 0.6) is 0 Å². The van der Waals surface area contributed by atoms with Crippen LogP contribution < -0.4 is 9.47 Å². The molecule has 3 aromatic rings. The third-order valence-electron chi connectivity index (χ3n) is 7.18. The van der Waals surface area contributed by atoms with Crippen LogP contribution in [0.1, 0.15) is 24.8 Å². The van der Waals surface area contributed by atoms with E-state index in [0.717, 1.165) is 45.7 Å². The topological polar surface area (TPSA) is 19.6 Å². The molecule has 36 heavy (non-hydrogen) atoms. The van der Waals surface area contributed by atoms with Crippen LogP contribution in [0, 0.1) is 0 Å². The predicted molar refractivity (Wildman–Crippen MR) is 152 cm³/mol. The first-order valence-corrected chi connectivity index (χ1v) is 14.4. The molecule has 3 heterocycles. The van der Waals surface area contributed by atoms with Gasteiger partial charge in [0.25, 0.3) is 5.01 Å². The van der Waals surface area contributed by atoms with Crippen molar-refractivity contribution in [2.75, 3.05) is 37.7 Å². The molecule has 6 rings (SSSR count). The van der Waals surface area contributed by atoms with Gasteiger partial charge in [-0.2, -0.15) is 4.57 Å². The molecule has 2 aromatic carbocycles. The summed E-state index contributed by atoms with van der Waals surface area (Å²) < 4.78 is 9.32. The van der Waals surface area contributed by atoms with Crippen LogP contribution in [0.2, 0.25) is 0 Å². The lowest BCUT2D eigenvalue weighted by atomic mass is 10.1. The van der Waals surface area contributed by atoms with Crippen LogP contribution in [0.4, 0.5) is 5.69 Å². The molecule has 1 fully saturated rings. The maximum absolute atomic E-state index is 5.69. The van der Waals surface area contributed by atoms with Gasteiger partial charge in [-0.1, -0.05) is 53.4 Å². The zero-order chi connectivity index (χ0) is 24.5. The molecule has 4 nitrogen and oxygen atoms in total. The Morgan fingerprint density at radius 3 is 2.61 bits per heavy atom. The van der Waals surface area contributed by atoms with E-state index >= 15 is 0 Å². The summed E-state index contributed by atoms with van der Waals surface area (Å²) in [5.74, 6) is 0. The molecular formula is C30H32N3OS2+. The van der Waals surface area contributed by atoms with E-state index in [4.69, 9.17) is 4.74 Å². The maximum Gasteiger partial charge on any atom is 0.262 e. The molecule has 0 spiro atoms. The largest absolute Gasteiger partial charge is 0.378 e. The maximum atomic E-state index is 5.69. The number of thioether (sulfide) groups is 1. The Morgan fingerprint density at radius 1 is 0.972 bits per heavy atom. The van der Waals surface area contributed by atoms with E-state index < -0.39 is 0 Å². The highest BCUT2D eigenvalue weighted by Gasteiger charge is 2.26. The van der Waals surface area contributed by atoms with Crippen molar-refractivity contribution in [3.05, 3.63) is 93.6 Å². The summed E-state index contributed by atoms with van der Waals surface area (Å²) in [4.78, 5) is 6.31. The molecule has 0 saturated carbocycles. The van der Waals surface area contributed by atoms with Crippen molar-refractivity contribution in [1.29, 1.82) is 0 Å². The van der Waals surface area contributed by atoms with E-state index in [-0.39, 0.29) is 0 Å². The smallest absolute Gasteiger partial charge is 0.262 e. The van der Waals surface area contributed by atoms with Gasteiger partial charge >= 0.3 is 0 Å². The van der Waals surface area contributed by atoms with E-state index in [1.807, 2.05) is 23.1 Å². The molecule has 1 aliphatic carbocycles. The van der Waals surface area contributed by atoms with Gasteiger partial charge < -0.3 is 14.5 Å². The minimum atomic E-state index is 0.801. The van der Waals surface area contributed by atoms with Gasteiger partial charge in [0, 0.05) is 42.4 Å². The number of thiazole rings is 1. The number of aromatic nitrogens is 1. The fourth-order valence-electron chi connectivity index (χ4n) is 5.34. The summed E-state index contributed by atoms with van der Waals surface area (Å²) in [6, 6.07) is 17.4. The molecule has 0 amide bonds. The van der Waals surface area contributed by atoms with Crippen LogP contribution in [-0.4, -0.2) is 37.7 Å². The zero-order valence-corrected chi connectivity index (χ0v) is 22.6. The highest BCUT2D eigenvalue weighted by Crippen LogP contribution is 2.46. The molecule has 6 heteroatoms. The van der Waals surface area contributed by atoms with Gasteiger partial charge in [0.05, 0.1) is 23.9 Å². The fourth-order valence-corrected chi connectivity index (χ4v) is 7.52. The molecule has 1 saturated heterocycles. The first kappa shape index (κ1) is 23.6. The number of rotatable bonds is 5. The monoisotopic (exact) mass is 514 g/mol. The van der Waals surface area contributed by atoms with Crippen molar-refractivity contribution < 1.29 is 9.30 Å². The van der Waals surface area contributed by atoms with E-state index in [0.29, 0.717) is 0 Å². The number of hydrogen-bond donors (Lipinski definition) is 0. The van der Waals surface area contributed by atoms with E-state index in [1.165, 1.54) is 47.7 Å². The number of fused-ring (bicyclic) bond motifs is 2. The standard InChI is InChI=1S/C30H32N3OS2/c1-3-33-25-9-5-7-11-27(25)36-29(33)17-15-23-13-12-22(30(23)32-18-20-34-21-19-32)14-16-28-31(2)24-8-4-6-10-26(24)35-28/h4-11,14-17H,3,12-13,18-21H2,1-2H3/q+1. The number of benzene rings is 2. The Morgan fingerprint density at radius 2 is 1.78 bits per heavy atom. The Balaban J connectivity index is 1.34. The fraction of sp³-hybridized carbons (Fsp3) is 0.300. The highest BCUT2D eigenvalue weighted by atomic mass is 32.2. The quantitative estimate of drug-likeness (QED) is 0.361. The number of ether oxygens (including phenoxy) is 1. The minimum Gasteiger partial charge on any atom is -0.378 e. The third-order valence-corrected chi connectivity index (χ3v) is 9.49. The summed E-state index contributed by atoms with van der Waals surface area (Å²) >= 11 is 3.73. The second-order valence-corrected chi connectivity index (χ2v) is 11.4.